The standard InChI is InChI=1S/C23H23NO/c1-2-18-13-15-20(16-14-18)23(25)17-22(19-9-5-3-6-10-19)24-21-11-7-4-8-12-21/h3-16,22,24H,2,17H2,1H3/t22-/m0/s1. The van der Waals surface area contributed by atoms with Crippen molar-refractivity contribution in [3.05, 3.63) is 102 Å². The molecule has 0 aliphatic carbocycles. The van der Waals surface area contributed by atoms with Gasteiger partial charge in [-0.1, -0.05) is 79.7 Å². The second-order valence-corrected chi connectivity index (χ2v) is 6.15. The van der Waals surface area contributed by atoms with Gasteiger partial charge in [0, 0.05) is 17.7 Å². The van der Waals surface area contributed by atoms with Crippen molar-refractivity contribution in [2.75, 3.05) is 5.32 Å². The van der Waals surface area contributed by atoms with Crippen LogP contribution >= 0.6 is 0 Å². The van der Waals surface area contributed by atoms with Crippen molar-refractivity contribution in [1.82, 2.24) is 0 Å². The largest absolute Gasteiger partial charge is 0.378 e. The number of hydrogen-bond donors (Lipinski definition) is 1. The molecule has 0 saturated heterocycles. The smallest absolute Gasteiger partial charge is 0.165 e. The maximum Gasteiger partial charge on any atom is 0.165 e. The lowest BCUT2D eigenvalue weighted by molar-refractivity contribution is 0.0976. The minimum absolute atomic E-state index is 0.0537. The van der Waals surface area contributed by atoms with E-state index in [4.69, 9.17) is 0 Å². The molecule has 3 aromatic carbocycles. The molecule has 0 aromatic heterocycles. The number of nitrogens with one attached hydrogen (secondary N) is 1. The van der Waals surface area contributed by atoms with Crippen LogP contribution in [0.2, 0.25) is 0 Å². The molecule has 3 aromatic rings. The van der Waals surface area contributed by atoms with Gasteiger partial charge in [-0.2, -0.15) is 0 Å². The zero-order valence-electron chi connectivity index (χ0n) is 14.5. The summed E-state index contributed by atoms with van der Waals surface area (Å²) in [5, 5.41) is 3.50. The number of Topliss-reactive ketones (excluding diaryl/α,β-unsaturated/α-hetero) is 1. The average molecular weight is 329 g/mol. The minimum Gasteiger partial charge on any atom is -0.378 e. The Morgan fingerprint density at radius 2 is 1.44 bits per heavy atom. The van der Waals surface area contributed by atoms with Crippen molar-refractivity contribution in [3.8, 4) is 0 Å². The molecule has 2 heteroatoms. The van der Waals surface area contributed by atoms with Crippen molar-refractivity contribution in [1.29, 1.82) is 0 Å². The van der Waals surface area contributed by atoms with Crippen LogP contribution in [-0.2, 0) is 6.42 Å². The summed E-state index contributed by atoms with van der Waals surface area (Å²) in [5.74, 6) is 0.153. The molecule has 0 amide bonds. The lowest BCUT2D eigenvalue weighted by atomic mass is 9.97. The third kappa shape index (κ3) is 4.57. The van der Waals surface area contributed by atoms with E-state index >= 15 is 0 Å². The highest BCUT2D eigenvalue weighted by molar-refractivity contribution is 5.96. The Morgan fingerprint density at radius 1 is 0.840 bits per heavy atom. The van der Waals surface area contributed by atoms with Crippen molar-refractivity contribution in [2.45, 2.75) is 25.8 Å². The Bertz CT molecular complexity index is 795. The van der Waals surface area contributed by atoms with Crippen LogP contribution in [0.4, 0.5) is 5.69 Å². The molecule has 25 heavy (non-hydrogen) atoms. The average Bonchev–Trinajstić information content (AvgIpc) is 2.69. The van der Waals surface area contributed by atoms with Gasteiger partial charge < -0.3 is 5.32 Å². The highest BCUT2D eigenvalue weighted by Gasteiger charge is 2.17. The molecule has 0 spiro atoms. The quantitative estimate of drug-likeness (QED) is 0.565. The molecule has 0 heterocycles. The van der Waals surface area contributed by atoms with Crippen molar-refractivity contribution in [3.63, 3.8) is 0 Å². The van der Waals surface area contributed by atoms with E-state index in [2.05, 4.69) is 24.4 Å². The Kier molecular flexibility index (Phi) is 5.63. The van der Waals surface area contributed by atoms with Gasteiger partial charge in [0.25, 0.3) is 0 Å². The van der Waals surface area contributed by atoms with E-state index < -0.39 is 0 Å². The van der Waals surface area contributed by atoms with Gasteiger partial charge in [-0.3, -0.25) is 4.79 Å². The molecular formula is C23H23NO. The number of rotatable bonds is 7. The normalized spacial score (nSPS) is 11.7. The summed E-state index contributed by atoms with van der Waals surface area (Å²) in [4.78, 5) is 12.8. The molecular weight excluding hydrogens is 306 g/mol. The van der Waals surface area contributed by atoms with E-state index in [0.717, 1.165) is 23.2 Å². The van der Waals surface area contributed by atoms with Gasteiger partial charge in [0.1, 0.15) is 0 Å². The Hall–Kier alpha value is -2.87. The first-order valence-corrected chi connectivity index (χ1v) is 8.75. The van der Waals surface area contributed by atoms with Crippen LogP contribution in [0.3, 0.4) is 0 Å². The van der Waals surface area contributed by atoms with E-state index in [1.807, 2.05) is 72.8 Å². The summed E-state index contributed by atoms with van der Waals surface area (Å²) in [6, 6.07) is 28.1. The highest BCUT2D eigenvalue weighted by atomic mass is 16.1. The summed E-state index contributed by atoms with van der Waals surface area (Å²) in [7, 11) is 0. The van der Waals surface area contributed by atoms with E-state index in [1.165, 1.54) is 5.56 Å². The maximum absolute atomic E-state index is 12.8. The third-order valence-electron chi connectivity index (χ3n) is 4.39. The van der Waals surface area contributed by atoms with Gasteiger partial charge in [-0.15, -0.1) is 0 Å². The van der Waals surface area contributed by atoms with Crippen LogP contribution in [0.5, 0.6) is 0 Å². The first-order chi connectivity index (χ1) is 12.3. The first-order valence-electron chi connectivity index (χ1n) is 8.75. The topological polar surface area (TPSA) is 29.1 Å². The van der Waals surface area contributed by atoms with Crippen molar-refractivity contribution < 1.29 is 4.79 Å². The minimum atomic E-state index is -0.0537. The number of aryl methyl sites for hydroxylation is 1. The third-order valence-corrected chi connectivity index (χ3v) is 4.39. The summed E-state index contributed by atoms with van der Waals surface area (Å²) in [5.41, 5.74) is 4.15. The first kappa shape index (κ1) is 17.0. The predicted octanol–water partition coefficient (Wildman–Crippen LogP) is 5.68. The van der Waals surface area contributed by atoms with Crippen LogP contribution in [-0.4, -0.2) is 5.78 Å². The van der Waals surface area contributed by atoms with Crippen molar-refractivity contribution >= 4 is 11.5 Å². The zero-order chi connectivity index (χ0) is 17.5. The van der Waals surface area contributed by atoms with Gasteiger partial charge in [0.2, 0.25) is 0 Å². The van der Waals surface area contributed by atoms with E-state index in [-0.39, 0.29) is 11.8 Å². The fourth-order valence-corrected chi connectivity index (χ4v) is 2.90. The van der Waals surface area contributed by atoms with Gasteiger partial charge in [0.15, 0.2) is 5.78 Å². The van der Waals surface area contributed by atoms with E-state index in [9.17, 15) is 4.79 Å². The molecule has 0 aliphatic rings. The van der Waals surface area contributed by atoms with E-state index in [1.54, 1.807) is 0 Å². The molecule has 0 bridgehead atoms. The number of benzene rings is 3. The second-order valence-electron chi connectivity index (χ2n) is 6.15. The Labute approximate surface area is 149 Å². The summed E-state index contributed by atoms with van der Waals surface area (Å²) in [6.45, 7) is 2.12. The van der Waals surface area contributed by atoms with Crippen LogP contribution in [0.15, 0.2) is 84.9 Å². The molecule has 1 N–H and O–H groups in total. The summed E-state index contributed by atoms with van der Waals surface area (Å²) in [6.07, 6.45) is 1.40. The van der Waals surface area contributed by atoms with Crippen LogP contribution in [0.25, 0.3) is 0 Å². The van der Waals surface area contributed by atoms with Crippen molar-refractivity contribution in [2.24, 2.45) is 0 Å². The van der Waals surface area contributed by atoms with E-state index in [0.29, 0.717) is 6.42 Å². The van der Waals surface area contributed by atoms with Crippen LogP contribution in [0, 0.1) is 0 Å². The maximum atomic E-state index is 12.8. The fraction of sp³-hybridized carbons (Fsp3) is 0.174. The zero-order valence-corrected chi connectivity index (χ0v) is 14.5. The molecule has 0 radical (unpaired) electrons. The molecule has 2 nitrogen and oxygen atoms in total. The Morgan fingerprint density at radius 3 is 2.04 bits per heavy atom. The van der Waals surface area contributed by atoms with Gasteiger partial charge in [-0.05, 0) is 29.7 Å². The number of hydrogen-bond acceptors (Lipinski definition) is 2. The Balaban J connectivity index is 1.80. The van der Waals surface area contributed by atoms with Crippen LogP contribution < -0.4 is 5.32 Å². The monoisotopic (exact) mass is 329 g/mol. The second kappa shape index (κ2) is 8.29. The highest BCUT2D eigenvalue weighted by Crippen LogP contribution is 2.24. The lowest BCUT2D eigenvalue weighted by Gasteiger charge is -2.20. The molecule has 0 fully saturated rings. The predicted molar refractivity (Wildman–Crippen MR) is 104 cm³/mol. The molecule has 0 unspecified atom stereocenters. The molecule has 0 saturated carbocycles. The molecule has 1 atom stereocenters. The summed E-state index contributed by atoms with van der Waals surface area (Å²) < 4.78 is 0. The molecule has 3 rings (SSSR count). The van der Waals surface area contributed by atoms with Gasteiger partial charge in [0.05, 0.1) is 6.04 Å². The van der Waals surface area contributed by atoms with Gasteiger partial charge >= 0.3 is 0 Å². The number of ketones is 1. The lowest BCUT2D eigenvalue weighted by Crippen LogP contribution is -2.15. The SMILES string of the molecule is CCc1ccc(C(=O)C[C@H](Nc2ccccc2)c2ccccc2)cc1. The number of para-hydroxylation sites is 1. The fourth-order valence-electron chi connectivity index (χ4n) is 2.90. The van der Waals surface area contributed by atoms with Gasteiger partial charge in [-0.25, -0.2) is 0 Å². The molecule has 0 aliphatic heterocycles. The molecule has 126 valence electrons. The number of anilines is 1. The van der Waals surface area contributed by atoms with Crippen LogP contribution in [0.1, 0.15) is 40.9 Å². The number of carbonyl (C=O) groups excluding carboxylic acids is 1. The summed E-state index contributed by atoms with van der Waals surface area (Å²) >= 11 is 0. The number of carbonyl (C=O) groups is 1.